The number of hydrogen-bond acceptors (Lipinski definition) is 5. The Labute approximate surface area is 180 Å². The van der Waals surface area contributed by atoms with Crippen molar-refractivity contribution in [3.8, 4) is 0 Å². The Morgan fingerprint density at radius 3 is 1.87 bits per heavy atom. The second-order valence-electron chi connectivity index (χ2n) is 9.05. The molecule has 162 valence electrons. The van der Waals surface area contributed by atoms with Gasteiger partial charge in [-0.25, -0.2) is 0 Å². The fraction of sp³-hybridized carbons (Fsp3) is 0.500. The van der Waals surface area contributed by atoms with Crippen molar-refractivity contribution in [2.75, 3.05) is 26.4 Å². The molecule has 0 unspecified atom stereocenters. The number of aliphatic hydroxyl groups is 1. The van der Waals surface area contributed by atoms with Crippen LogP contribution in [0.4, 0.5) is 0 Å². The molecule has 2 aliphatic heterocycles. The number of benzene rings is 2. The molecule has 30 heavy (non-hydrogen) atoms. The van der Waals surface area contributed by atoms with E-state index in [-0.39, 0.29) is 36.1 Å². The van der Waals surface area contributed by atoms with Gasteiger partial charge in [0.25, 0.3) is 8.32 Å². The highest BCUT2D eigenvalue weighted by Crippen LogP contribution is 2.40. The summed E-state index contributed by atoms with van der Waals surface area (Å²) in [5, 5.41) is 11.5. The molecule has 6 heteroatoms. The summed E-state index contributed by atoms with van der Waals surface area (Å²) in [6.07, 6.45) is -0.631. The van der Waals surface area contributed by atoms with Crippen LogP contribution in [0.15, 0.2) is 60.7 Å². The monoisotopic (exact) mass is 428 g/mol. The topological polar surface area (TPSA) is 57.2 Å². The van der Waals surface area contributed by atoms with E-state index in [2.05, 4.69) is 69.3 Å². The van der Waals surface area contributed by atoms with E-state index in [1.807, 2.05) is 12.1 Å². The van der Waals surface area contributed by atoms with Crippen LogP contribution in [0.1, 0.15) is 20.8 Å². The fourth-order valence-corrected chi connectivity index (χ4v) is 9.47. The van der Waals surface area contributed by atoms with Gasteiger partial charge in [0.2, 0.25) is 0 Å². The third-order valence-corrected chi connectivity index (χ3v) is 11.2. The maximum Gasteiger partial charge on any atom is 0.261 e. The molecule has 2 heterocycles. The first-order valence-electron chi connectivity index (χ1n) is 10.7. The molecular weight excluding hydrogens is 396 g/mol. The summed E-state index contributed by atoms with van der Waals surface area (Å²) in [5.74, 6) is 0. The van der Waals surface area contributed by atoms with E-state index in [9.17, 15) is 0 Å². The third kappa shape index (κ3) is 3.88. The Kier molecular flexibility index (Phi) is 6.44. The van der Waals surface area contributed by atoms with E-state index in [1.165, 1.54) is 10.4 Å². The van der Waals surface area contributed by atoms with Crippen molar-refractivity contribution in [3.05, 3.63) is 60.7 Å². The molecule has 0 radical (unpaired) electrons. The van der Waals surface area contributed by atoms with Gasteiger partial charge in [0, 0.05) is 0 Å². The van der Waals surface area contributed by atoms with Crippen LogP contribution in [0.2, 0.25) is 5.04 Å². The molecule has 1 N–H and O–H groups in total. The molecule has 4 rings (SSSR count). The summed E-state index contributed by atoms with van der Waals surface area (Å²) >= 11 is 0. The predicted octanol–water partition coefficient (Wildman–Crippen LogP) is 2.11. The Balaban J connectivity index is 1.70. The second-order valence-corrected chi connectivity index (χ2v) is 13.3. The van der Waals surface area contributed by atoms with Crippen molar-refractivity contribution >= 4 is 18.7 Å². The largest absolute Gasteiger partial charge is 0.399 e. The molecule has 0 bridgehead atoms. The van der Waals surface area contributed by atoms with Gasteiger partial charge in [-0.2, -0.15) is 0 Å². The fourth-order valence-electron chi connectivity index (χ4n) is 4.80. The number of rotatable bonds is 7. The smallest absolute Gasteiger partial charge is 0.261 e. The first-order valence-corrected chi connectivity index (χ1v) is 12.6. The molecule has 0 aromatic heterocycles. The minimum absolute atomic E-state index is 0.00409. The molecule has 2 aromatic rings. The quantitative estimate of drug-likeness (QED) is 0.685. The first kappa shape index (κ1) is 21.7. The van der Waals surface area contributed by atoms with Crippen LogP contribution in [-0.2, 0) is 18.6 Å². The summed E-state index contributed by atoms with van der Waals surface area (Å²) in [5.41, 5.74) is 0. The highest BCUT2D eigenvalue weighted by molar-refractivity contribution is 6.99. The van der Waals surface area contributed by atoms with E-state index >= 15 is 0 Å². The van der Waals surface area contributed by atoms with Crippen LogP contribution < -0.4 is 10.4 Å². The molecule has 0 saturated carbocycles. The zero-order chi connectivity index (χ0) is 21.2. The maximum atomic E-state index is 9.09. The number of fused-ring (bicyclic) bond motifs is 1. The number of aliphatic hydroxyl groups excluding tert-OH is 1. The van der Waals surface area contributed by atoms with E-state index < -0.39 is 8.32 Å². The van der Waals surface area contributed by atoms with Gasteiger partial charge in [-0.05, 0) is 15.4 Å². The average Bonchev–Trinajstić information content (AvgIpc) is 3.33. The summed E-state index contributed by atoms with van der Waals surface area (Å²) in [6.45, 7) is 8.06. The van der Waals surface area contributed by atoms with E-state index in [0.717, 1.165) is 0 Å². The normalized spacial score (nSPS) is 26.7. The Bertz CT molecular complexity index is 768. The van der Waals surface area contributed by atoms with Crippen LogP contribution in [0.25, 0.3) is 0 Å². The lowest BCUT2D eigenvalue weighted by atomic mass is 10.1. The third-order valence-electron chi connectivity index (χ3n) is 6.13. The van der Waals surface area contributed by atoms with Crippen LogP contribution in [0, 0.1) is 0 Å². The minimum Gasteiger partial charge on any atom is -0.399 e. The Hall–Kier alpha value is -1.54. The minimum atomic E-state index is -2.66. The van der Waals surface area contributed by atoms with Crippen LogP contribution in [0.5, 0.6) is 0 Å². The van der Waals surface area contributed by atoms with Gasteiger partial charge in [0.1, 0.15) is 18.3 Å². The van der Waals surface area contributed by atoms with Crippen molar-refractivity contribution in [2.24, 2.45) is 0 Å². The number of hydrogen-bond donors (Lipinski definition) is 1. The Morgan fingerprint density at radius 2 is 1.37 bits per heavy atom. The van der Waals surface area contributed by atoms with Crippen LogP contribution in [0.3, 0.4) is 0 Å². The maximum absolute atomic E-state index is 9.09. The van der Waals surface area contributed by atoms with E-state index in [1.54, 1.807) is 0 Å². The molecule has 2 aliphatic rings. The van der Waals surface area contributed by atoms with Gasteiger partial charge < -0.3 is 23.7 Å². The molecule has 4 atom stereocenters. The summed E-state index contributed by atoms with van der Waals surface area (Å²) < 4.78 is 25.1. The molecule has 5 nitrogen and oxygen atoms in total. The lowest BCUT2D eigenvalue weighted by Crippen LogP contribution is -2.68. The van der Waals surface area contributed by atoms with Gasteiger partial charge >= 0.3 is 0 Å². The molecule has 0 spiro atoms. The van der Waals surface area contributed by atoms with Gasteiger partial charge in [-0.1, -0.05) is 81.4 Å². The molecule has 0 amide bonds. The zero-order valence-electron chi connectivity index (χ0n) is 18.0. The molecular formula is C24H32O5Si. The highest BCUT2D eigenvalue weighted by atomic mass is 28.4. The van der Waals surface area contributed by atoms with Gasteiger partial charge in [0.15, 0.2) is 0 Å². The standard InChI is InChI=1S/C24H32O5Si/c1-24(2,3)30(18-10-6-4-7-11-18,19-12-8-5-9-13-19)29-21-17-28-22-20(26-15-14-25)16-27-23(21)22/h4-13,20-23,25H,14-17H2,1-3H3/t20-,21-,22-,23-/m1/s1. The van der Waals surface area contributed by atoms with E-state index in [4.69, 9.17) is 23.7 Å². The van der Waals surface area contributed by atoms with Crippen molar-refractivity contribution in [2.45, 2.75) is 50.2 Å². The average molecular weight is 429 g/mol. The van der Waals surface area contributed by atoms with Gasteiger partial charge in [-0.15, -0.1) is 0 Å². The summed E-state index contributed by atoms with van der Waals surface area (Å²) in [4.78, 5) is 0. The SMILES string of the molecule is CC(C)(C)[Si](O[C@@H]1CO[C@H]2[C@@H]1OC[C@H]2OCCO)(c1ccccc1)c1ccccc1. The van der Waals surface area contributed by atoms with E-state index in [0.29, 0.717) is 19.8 Å². The van der Waals surface area contributed by atoms with Crippen molar-refractivity contribution in [1.82, 2.24) is 0 Å². The van der Waals surface area contributed by atoms with Gasteiger partial charge in [0.05, 0.1) is 32.5 Å². The lowest BCUT2D eigenvalue weighted by Gasteiger charge is -2.45. The zero-order valence-corrected chi connectivity index (χ0v) is 19.0. The number of ether oxygens (including phenoxy) is 3. The molecule has 2 aromatic carbocycles. The van der Waals surface area contributed by atoms with Crippen molar-refractivity contribution in [1.29, 1.82) is 0 Å². The lowest BCUT2D eigenvalue weighted by molar-refractivity contribution is -0.0445. The molecule has 0 aliphatic carbocycles. The molecule has 2 fully saturated rings. The first-order chi connectivity index (χ1) is 14.5. The summed E-state index contributed by atoms with van der Waals surface area (Å²) in [7, 11) is -2.66. The highest BCUT2D eigenvalue weighted by Gasteiger charge is 2.56. The predicted molar refractivity (Wildman–Crippen MR) is 119 cm³/mol. The Morgan fingerprint density at radius 1 is 0.867 bits per heavy atom. The second kappa shape index (κ2) is 8.90. The molecule has 2 saturated heterocycles. The van der Waals surface area contributed by atoms with Crippen molar-refractivity contribution in [3.63, 3.8) is 0 Å². The van der Waals surface area contributed by atoms with Crippen LogP contribution >= 0.6 is 0 Å². The van der Waals surface area contributed by atoms with Crippen molar-refractivity contribution < 1.29 is 23.7 Å². The summed E-state index contributed by atoms with van der Waals surface area (Å²) in [6, 6.07) is 21.2. The van der Waals surface area contributed by atoms with Crippen LogP contribution in [-0.4, -0.2) is 64.3 Å². The van der Waals surface area contributed by atoms with Gasteiger partial charge in [-0.3, -0.25) is 0 Å².